The van der Waals surface area contributed by atoms with Crippen LogP contribution >= 0.6 is 11.6 Å². The van der Waals surface area contributed by atoms with E-state index in [0.717, 1.165) is 66.7 Å². The predicted molar refractivity (Wildman–Crippen MR) is 192 cm³/mol. The van der Waals surface area contributed by atoms with E-state index < -0.39 is 0 Å². The molecule has 0 atom stereocenters. The molecule has 9 nitrogen and oxygen atoms in total. The monoisotopic (exact) mass is 664 g/mol. The van der Waals surface area contributed by atoms with Gasteiger partial charge >= 0.3 is 5.69 Å². The first-order chi connectivity index (χ1) is 22.0. The molecule has 1 aliphatic rings. The summed E-state index contributed by atoms with van der Waals surface area (Å²) in [6, 6.07) is 14.0. The minimum Gasteiger partial charge on any atom is -0.370 e. The van der Waals surface area contributed by atoms with Gasteiger partial charge < -0.3 is 27.5 Å². The highest BCUT2D eigenvalue weighted by Crippen LogP contribution is 2.34. The number of hydrogen-bond acceptors (Lipinski definition) is 5. The SMILES string of the molecule is CC(C)(C)c1cc(CC2CC(N)C2)cc(Cl)c1F.CC(C)(C)c1cc2cn(-c3ccc(CNCCCN=C(N)N)cc3)c(=O)nc2[nH]1. The van der Waals surface area contributed by atoms with Gasteiger partial charge in [-0.15, -0.1) is 0 Å². The number of hydrogen-bond donors (Lipinski definition) is 5. The van der Waals surface area contributed by atoms with Crippen molar-refractivity contribution in [2.24, 2.45) is 28.1 Å². The van der Waals surface area contributed by atoms with Crippen LogP contribution in [0.1, 0.15) is 83.2 Å². The highest BCUT2D eigenvalue weighted by molar-refractivity contribution is 6.30. The van der Waals surface area contributed by atoms with E-state index in [2.05, 4.69) is 47.1 Å². The lowest BCUT2D eigenvalue weighted by Gasteiger charge is -2.33. The van der Waals surface area contributed by atoms with Gasteiger partial charge in [0.25, 0.3) is 0 Å². The number of benzene rings is 2. The maximum absolute atomic E-state index is 14.0. The second-order valence-corrected chi connectivity index (χ2v) is 15.0. The molecule has 4 aromatic rings. The Hall–Kier alpha value is -3.73. The number of nitrogens with one attached hydrogen (secondary N) is 2. The second kappa shape index (κ2) is 15.0. The fraction of sp³-hybridized carbons (Fsp3) is 0.472. The van der Waals surface area contributed by atoms with Gasteiger partial charge in [-0.25, -0.2) is 9.18 Å². The van der Waals surface area contributed by atoms with Gasteiger partial charge in [-0.1, -0.05) is 71.3 Å². The van der Waals surface area contributed by atoms with Crippen LogP contribution in [-0.4, -0.2) is 39.6 Å². The molecule has 1 fully saturated rings. The van der Waals surface area contributed by atoms with Crippen LogP contribution in [-0.2, 0) is 23.8 Å². The minimum absolute atomic E-state index is 0.0352. The van der Waals surface area contributed by atoms with Crippen LogP contribution in [0, 0.1) is 11.7 Å². The molecular weight excluding hydrogens is 615 g/mol. The maximum Gasteiger partial charge on any atom is 0.354 e. The first-order valence-corrected chi connectivity index (χ1v) is 16.6. The highest BCUT2D eigenvalue weighted by Gasteiger charge is 2.27. The van der Waals surface area contributed by atoms with E-state index in [-0.39, 0.29) is 33.3 Å². The van der Waals surface area contributed by atoms with Crippen molar-refractivity contribution in [2.75, 3.05) is 13.1 Å². The van der Waals surface area contributed by atoms with E-state index in [1.807, 2.05) is 57.3 Å². The molecule has 1 saturated carbocycles. The maximum atomic E-state index is 14.0. The van der Waals surface area contributed by atoms with Gasteiger partial charge in [0.15, 0.2) is 5.96 Å². The Bertz CT molecular complexity index is 1740. The van der Waals surface area contributed by atoms with Crippen molar-refractivity contribution in [3.63, 3.8) is 0 Å². The molecule has 5 rings (SSSR count). The molecule has 11 heteroatoms. The zero-order valence-corrected chi connectivity index (χ0v) is 29.2. The third kappa shape index (κ3) is 9.89. The summed E-state index contributed by atoms with van der Waals surface area (Å²) in [4.78, 5) is 23.9. The largest absolute Gasteiger partial charge is 0.370 e. The molecule has 0 aliphatic heterocycles. The first-order valence-electron chi connectivity index (χ1n) is 16.2. The van der Waals surface area contributed by atoms with E-state index in [9.17, 15) is 9.18 Å². The predicted octanol–water partition coefficient (Wildman–Crippen LogP) is 5.82. The van der Waals surface area contributed by atoms with Gasteiger partial charge in [-0.2, -0.15) is 4.98 Å². The molecule has 0 bridgehead atoms. The number of fused-ring (bicyclic) bond motifs is 1. The summed E-state index contributed by atoms with van der Waals surface area (Å²) in [6.07, 6.45) is 5.80. The van der Waals surface area contributed by atoms with Gasteiger partial charge in [0.2, 0.25) is 0 Å². The van der Waals surface area contributed by atoms with Crippen molar-refractivity contribution in [1.29, 1.82) is 0 Å². The van der Waals surface area contributed by atoms with Crippen molar-refractivity contribution in [1.82, 2.24) is 19.9 Å². The van der Waals surface area contributed by atoms with Crippen molar-refractivity contribution in [3.05, 3.63) is 92.4 Å². The normalized spacial score (nSPS) is 16.4. The molecule has 2 aromatic carbocycles. The summed E-state index contributed by atoms with van der Waals surface area (Å²) in [7, 11) is 0. The summed E-state index contributed by atoms with van der Waals surface area (Å²) in [5.41, 5.74) is 21.3. The molecular formula is C36H50ClFN8O. The van der Waals surface area contributed by atoms with E-state index >= 15 is 0 Å². The number of nitrogens with zero attached hydrogens (tertiary/aromatic N) is 3. The molecule has 0 radical (unpaired) electrons. The number of nitrogens with two attached hydrogens (primary N) is 3. The Morgan fingerprint density at radius 2 is 1.74 bits per heavy atom. The summed E-state index contributed by atoms with van der Waals surface area (Å²) in [5.74, 6) is 0.477. The zero-order chi connectivity index (χ0) is 34.5. The van der Waals surface area contributed by atoms with Gasteiger partial charge in [0, 0.05) is 41.8 Å². The minimum atomic E-state index is -0.301. The molecule has 0 spiro atoms. The topological polar surface area (TPSA) is 153 Å². The Kier molecular flexibility index (Phi) is 11.5. The summed E-state index contributed by atoms with van der Waals surface area (Å²) >= 11 is 6.00. The highest BCUT2D eigenvalue weighted by atomic mass is 35.5. The number of rotatable bonds is 9. The molecule has 8 N–H and O–H groups in total. The van der Waals surface area contributed by atoms with Gasteiger partial charge in [0.05, 0.1) is 10.7 Å². The number of halogens is 2. The molecule has 2 aromatic heterocycles. The van der Waals surface area contributed by atoms with E-state index in [0.29, 0.717) is 29.7 Å². The van der Waals surface area contributed by atoms with Crippen LogP contribution in [0.25, 0.3) is 16.7 Å². The third-order valence-corrected chi connectivity index (χ3v) is 8.63. The Labute approximate surface area is 282 Å². The number of aromatic amines is 1. The third-order valence-electron chi connectivity index (χ3n) is 8.36. The van der Waals surface area contributed by atoms with Gasteiger partial charge in [-0.05, 0) is 84.5 Å². The van der Waals surface area contributed by atoms with Crippen LogP contribution in [0.5, 0.6) is 0 Å². The fourth-order valence-corrected chi connectivity index (χ4v) is 5.84. The number of guanidine groups is 1. The molecule has 0 amide bonds. The molecule has 2 heterocycles. The van der Waals surface area contributed by atoms with Crippen LogP contribution in [0.15, 0.2) is 58.4 Å². The van der Waals surface area contributed by atoms with Crippen LogP contribution in [0.2, 0.25) is 5.02 Å². The van der Waals surface area contributed by atoms with E-state index in [1.54, 1.807) is 10.6 Å². The molecule has 254 valence electrons. The Morgan fingerprint density at radius 1 is 1.06 bits per heavy atom. The summed E-state index contributed by atoms with van der Waals surface area (Å²) in [5, 5.41) is 4.51. The number of H-pyrrole nitrogens is 1. The van der Waals surface area contributed by atoms with Crippen LogP contribution < -0.4 is 28.2 Å². The quantitative estimate of drug-likeness (QED) is 0.0863. The van der Waals surface area contributed by atoms with Crippen molar-refractivity contribution >= 4 is 28.6 Å². The standard InChI is InChI=1S/C21H29N7O.C15H21ClFN/c1-21(2,3)17-11-15-13-28(20(29)27-18(15)26-17)16-7-5-14(6-8-16)12-24-9-4-10-25-19(22)23;1-15(2,3)12-7-10(8-13(16)14(12)17)4-9-5-11(18)6-9/h5-8,11,13,24H,4,9-10,12H2,1-3H3,(H4,22,23,25)(H,26,27,29);7-9,11H,4-6,18H2,1-3H3. The summed E-state index contributed by atoms with van der Waals surface area (Å²) in [6.45, 7) is 14.6. The fourth-order valence-electron chi connectivity index (χ4n) is 5.60. The number of aromatic nitrogens is 3. The van der Waals surface area contributed by atoms with Gasteiger partial charge in [0.1, 0.15) is 11.5 Å². The van der Waals surface area contributed by atoms with Crippen molar-refractivity contribution < 1.29 is 4.39 Å². The van der Waals surface area contributed by atoms with E-state index in [4.69, 9.17) is 28.8 Å². The Morgan fingerprint density at radius 3 is 2.34 bits per heavy atom. The average Bonchev–Trinajstić information content (AvgIpc) is 3.39. The Balaban J connectivity index is 0.000000238. The average molecular weight is 665 g/mol. The van der Waals surface area contributed by atoms with Gasteiger partial charge in [-0.3, -0.25) is 9.56 Å². The van der Waals surface area contributed by atoms with Crippen molar-refractivity contribution in [2.45, 2.75) is 90.6 Å². The molecule has 0 saturated heterocycles. The molecule has 0 unspecified atom stereocenters. The lowest BCUT2D eigenvalue weighted by Crippen LogP contribution is -2.37. The number of aliphatic imine (C=N–C) groups is 1. The van der Waals surface area contributed by atoms with Crippen LogP contribution in [0.3, 0.4) is 0 Å². The lowest BCUT2D eigenvalue weighted by atomic mass is 9.76. The molecule has 1 aliphatic carbocycles. The van der Waals surface area contributed by atoms with E-state index in [1.165, 1.54) is 0 Å². The first kappa shape index (κ1) is 36.1. The molecule has 47 heavy (non-hydrogen) atoms. The lowest BCUT2D eigenvalue weighted by molar-refractivity contribution is 0.264. The second-order valence-electron chi connectivity index (χ2n) is 14.6. The van der Waals surface area contributed by atoms with Crippen LogP contribution in [0.4, 0.5) is 4.39 Å². The zero-order valence-electron chi connectivity index (χ0n) is 28.5. The van der Waals surface area contributed by atoms with Crippen molar-refractivity contribution in [3.8, 4) is 5.69 Å². The smallest absolute Gasteiger partial charge is 0.354 e. The summed E-state index contributed by atoms with van der Waals surface area (Å²) < 4.78 is 15.6.